The summed E-state index contributed by atoms with van der Waals surface area (Å²) < 4.78 is 46.7. The van der Waals surface area contributed by atoms with Crippen LogP contribution in [0.2, 0.25) is 10.0 Å². The molecule has 0 fully saturated rings. The Kier molecular flexibility index (Phi) is 8.56. The molecule has 1 N–H and O–H groups in total. The van der Waals surface area contributed by atoms with E-state index in [1.165, 1.54) is 12.1 Å². The van der Waals surface area contributed by atoms with Crippen molar-refractivity contribution >= 4 is 29.5 Å². The van der Waals surface area contributed by atoms with Crippen LogP contribution in [0.3, 0.4) is 0 Å². The molecule has 4 aromatic rings. The van der Waals surface area contributed by atoms with Gasteiger partial charge in [0.2, 0.25) is 0 Å². The lowest BCUT2D eigenvalue weighted by Crippen LogP contribution is -2.09. The summed E-state index contributed by atoms with van der Waals surface area (Å²) in [6.45, 7) is -0.204. The number of halogens is 5. The van der Waals surface area contributed by atoms with Crippen molar-refractivity contribution in [1.29, 1.82) is 0 Å². The van der Waals surface area contributed by atoms with Crippen LogP contribution in [0.5, 0.6) is 5.75 Å². The van der Waals surface area contributed by atoms with Gasteiger partial charge in [-0.1, -0.05) is 59.6 Å². The maximum absolute atomic E-state index is 13.3. The molecule has 0 atom stereocenters. The average molecular weight is 523 g/mol. The number of carbonyl (C=O) groups is 1. The highest BCUT2D eigenvalue weighted by molar-refractivity contribution is 6.37. The molecule has 0 bridgehead atoms. The summed E-state index contributed by atoms with van der Waals surface area (Å²) in [7, 11) is 1.00. The van der Waals surface area contributed by atoms with E-state index in [2.05, 4.69) is 5.10 Å². The summed E-state index contributed by atoms with van der Waals surface area (Å²) in [5, 5.41) is 11.0. The van der Waals surface area contributed by atoms with Crippen molar-refractivity contribution < 1.29 is 27.8 Å². The van der Waals surface area contributed by atoms with Gasteiger partial charge in [0.1, 0.15) is 24.3 Å². The number of aliphatic hydroxyl groups is 1. The van der Waals surface area contributed by atoms with Gasteiger partial charge in [-0.25, -0.2) is 4.68 Å². The molecule has 0 spiro atoms. The van der Waals surface area contributed by atoms with Crippen molar-refractivity contribution in [3.8, 4) is 22.6 Å². The van der Waals surface area contributed by atoms with Crippen LogP contribution in [-0.4, -0.2) is 28.3 Å². The van der Waals surface area contributed by atoms with Crippen molar-refractivity contribution in [1.82, 2.24) is 9.78 Å². The summed E-state index contributed by atoms with van der Waals surface area (Å²) in [4.78, 5) is 11.0. The fourth-order valence-electron chi connectivity index (χ4n) is 3.24. The van der Waals surface area contributed by atoms with E-state index < -0.39 is 11.9 Å². The van der Waals surface area contributed by atoms with Crippen molar-refractivity contribution in [2.24, 2.45) is 0 Å². The molecule has 4 rings (SSSR count). The van der Waals surface area contributed by atoms with Crippen LogP contribution < -0.4 is 4.74 Å². The molecule has 0 saturated heterocycles. The van der Waals surface area contributed by atoms with E-state index in [9.17, 15) is 18.0 Å². The molecule has 0 saturated carbocycles. The summed E-state index contributed by atoms with van der Waals surface area (Å²) in [6, 6.07) is 19.6. The Bertz CT molecular complexity index is 1290. The van der Waals surface area contributed by atoms with E-state index in [0.717, 1.165) is 35.3 Å². The minimum Gasteiger partial charge on any atom is -0.487 e. The number of ether oxygens (including phenoxy) is 1. The zero-order valence-electron chi connectivity index (χ0n) is 18.3. The largest absolute Gasteiger partial charge is 0.487 e. The Labute approximate surface area is 209 Å². The number of aliphatic hydroxyl groups excluding tert-OH is 1. The molecule has 0 amide bonds. The highest BCUT2D eigenvalue weighted by atomic mass is 35.5. The minimum absolute atomic E-state index is 0.125. The summed E-state index contributed by atoms with van der Waals surface area (Å²) in [6.07, 6.45) is -3.88. The second kappa shape index (κ2) is 11.4. The Morgan fingerprint density at radius 3 is 2.17 bits per heavy atom. The molecule has 182 valence electrons. The lowest BCUT2D eigenvalue weighted by atomic mass is 10.0. The number of hydrogen-bond donors (Lipinski definition) is 1. The van der Waals surface area contributed by atoms with Crippen LogP contribution in [0, 0.1) is 0 Å². The fraction of sp³-hybridized carbons (Fsp3) is 0.120. The molecule has 5 nitrogen and oxygen atoms in total. The van der Waals surface area contributed by atoms with E-state index in [0.29, 0.717) is 11.3 Å². The highest BCUT2D eigenvalue weighted by Gasteiger charge is 2.35. The van der Waals surface area contributed by atoms with Gasteiger partial charge < -0.3 is 9.84 Å². The number of rotatable bonds is 6. The van der Waals surface area contributed by atoms with Crippen LogP contribution in [0.4, 0.5) is 13.2 Å². The zero-order chi connectivity index (χ0) is 25.6. The molecule has 35 heavy (non-hydrogen) atoms. The normalized spacial score (nSPS) is 10.9. The number of alkyl halides is 3. The van der Waals surface area contributed by atoms with Gasteiger partial charge in [0.25, 0.3) is 0 Å². The SMILES string of the molecule is CO.O=Cc1cccc(-c2ccc(OCc3cc(C(F)(F)F)nn3-c3c(Cl)cccc3Cl)cc2)c1. The molecular weight excluding hydrogens is 504 g/mol. The Hall–Kier alpha value is -3.33. The van der Waals surface area contributed by atoms with Crippen LogP contribution in [0.1, 0.15) is 21.7 Å². The molecule has 0 aliphatic heterocycles. The standard InChI is InChI=1S/C24H15Cl2F3N2O2.CH4O/c25-20-5-2-6-21(26)23(20)31-18(12-22(30-31)24(27,28)29)14-33-19-9-7-16(8-10-19)17-4-1-3-15(11-17)13-32;1-2/h1-13H,14H2;2H,1H3. The third-order valence-electron chi connectivity index (χ3n) is 4.82. The van der Waals surface area contributed by atoms with Crippen molar-refractivity contribution in [3.05, 3.63) is 99.8 Å². The first-order chi connectivity index (χ1) is 16.8. The van der Waals surface area contributed by atoms with Crippen molar-refractivity contribution in [2.75, 3.05) is 7.11 Å². The van der Waals surface area contributed by atoms with Crippen LogP contribution >= 0.6 is 23.2 Å². The molecule has 0 radical (unpaired) electrons. The van der Waals surface area contributed by atoms with Gasteiger partial charge in [-0.2, -0.15) is 18.3 Å². The molecule has 0 aliphatic rings. The predicted molar refractivity (Wildman–Crippen MR) is 128 cm³/mol. The second-order valence-corrected chi connectivity index (χ2v) is 7.87. The van der Waals surface area contributed by atoms with E-state index in [1.54, 1.807) is 48.5 Å². The third kappa shape index (κ3) is 6.22. The highest BCUT2D eigenvalue weighted by Crippen LogP contribution is 2.34. The van der Waals surface area contributed by atoms with Gasteiger partial charge in [0.15, 0.2) is 5.69 Å². The molecule has 1 heterocycles. The van der Waals surface area contributed by atoms with E-state index in [1.807, 2.05) is 6.07 Å². The monoisotopic (exact) mass is 522 g/mol. The lowest BCUT2D eigenvalue weighted by molar-refractivity contribution is -0.141. The van der Waals surface area contributed by atoms with Crippen LogP contribution in [-0.2, 0) is 12.8 Å². The Morgan fingerprint density at radius 1 is 0.943 bits per heavy atom. The molecule has 0 aliphatic carbocycles. The number of aldehydes is 1. The molecular formula is C25H19Cl2F3N2O3. The Balaban J connectivity index is 0.00000167. The quantitative estimate of drug-likeness (QED) is 0.281. The van der Waals surface area contributed by atoms with Gasteiger partial charge in [-0.05, 0) is 47.5 Å². The molecule has 10 heteroatoms. The van der Waals surface area contributed by atoms with Crippen LogP contribution in [0.25, 0.3) is 16.8 Å². The summed E-state index contributed by atoms with van der Waals surface area (Å²) in [5.74, 6) is 0.442. The van der Waals surface area contributed by atoms with Crippen molar-refractivity contribution in [3.63, 3.8) is 0 Å². The zero-order valence-corrected chi connectivity index (χ0v) is 19.8. The molecule has 0 unspecified atom stereocenters. The number of nitrogens with zero attached hydrogens (tertiary/aromatic N) is 2. The first kappa shape index (κ1) is 26.3. The third-order valence-corrected chi connectivity index (χ3v) is 5.43. The van der Waals surface area contributed by atoms with Gasteiger partial charge in [-0.3, -0.25) is 4.79 Å². The molecule has 1 aromatic heterocycles. The topological polar surface area (TPSA) is 64.3 Å². The van der Waals surface area contributed by atoms with Crippen molar-refractivity contribution in [2.45, 2.75) is 12.8 Å². The predicted octanol–water partition coefficient (Wildman–Crippen LogP) is 6.86. The number of hydrogen-bond acceptors (Lipinski definition) is 4. The fourth-order valence-corrected chi connectivity index (χ4v) is 3.80. The number of benzene rings is 3. The van der Waals surface area contributed by atoms with Gasteiger partial charge in [-0.15, -0.1) is 0 Å². The molecule has 3 aromatic carbocycles. The maximum atomic E-state index is 13.3. The first-order valence-corrected chi connectivity index (χ1v) is 10.9. The smallest absolute Gasteiger partial charge is 0.435 e. The lowest BCUT2D eigenvalue weighted by Gasteiger charge is -2.12. The first-order valence-electron chi connectivity index (χ1n) is 10.1. The average Bonchev–Trinajstić information content (AvgIpc) is 3.29. The summed E-state index contributed by atoms with van der Waals surface area (Å²) >= 11 is 12.4. The second-order valence-electron chi connectivity index (χ2n) is 7.06. The minimum atomic E-state index is -4.65. The van der Waals surface area contributed by atoms with E-state index in [4.69, 9.17) is 33.0 Å². The van der Waals surface area contributed by atoms with Gasteiger partial charge in [0, 0.05) is 12.7 Å². The van der Waals surface area contributed by atoms with Crippen LogP contribution in [0.15, 0.2) is 72.8 Å². The van der Waals surface area contributed by atoms with E-state index in [-0.39, 0.29) is 28.0 Å². The summed E-state index contributed by atoms with van der Waals surface area (Å²) in [5.41, 5.74) is 1.45. The van der Waals surface area contributed by atoms with E-state index >= 15 is 0 Å². The maximum Gasteiger partial charge on any atom is 0.435 e. The van der Waals surface area contributed by atoms with Gasteiger partial charge in [0.05, 0.1) is 15.7 Å². The Morgan fingerprint density at radius 2 is 1.57 bits per heavy atom. The number of carbonyl (C=O) groups excluding carboxylic acids is 1. The number of para-hydroxylation sites is 1. The van der Waals surface area contributed by atoms with Gasteiger partial charge >= 0.3 is 6.18 Å². The number of aromatic nitrogens is 2.